The minimum absolute atomic E-state index is 0.0333. The van der Waals surface area contributed by atoms with Crippen molar-refractivity contribution in [2.24, 2.45) is 0 Å². The lowest BCUT2D eigenvalue weighted by Crippen LogP contribution is -2.30. The molecular formula is C20H20Br2F2N2O5S2. The molecule has 0 bridgehead atoms. The van der Waals surface area contributed by atoms with Gasteiger partial charge in [-0.3, -0.25) is 4.79 Å². The fourth-order valence-electron chi connectivity index (χ4n) is 3.49. The molecule has 2 aliphatic heterocycles. The number of halogens is 4. The van der Waals surface area contributed by atoms with Crippen LogP contribution in [0.4, 0.5) is 8.78 Å². The van der Waals surface area contributed by atoms with Gasteiger partial charge in [0.05, 0.1) is 19.4 Å². The second-order valence-electron chi connectivity index (χ2n) is 7.36. The summed E-state index contributed by atoms with van der Waals surface area (Å²) in [6, 6.07) is 4.71. The third-order valence-electron chi connectivity index (χ3n) is 5.02. The van der Waals surface area contributed by atoms with E-state index in [9.17, 15) is 30.4 Å². The number of nitrogens with zero attached hydrogens (tertiary/aromatic N) is 2. The van der Waals surface area contributed by atoms with Gasteiger partial charge in [-0.1, -0.05) is 13.8 Å². The zero-order valence-corrected chi connectivity index (χ0v) is 22.4. The van der Waals surface area contributed by atoms with Gasteiger partial charge in [0.25, 0.3) is 15.9 Å². The van der Waals surface area contributed by atoms with Crippen LogP contribution in [-0.2, 0) is 26.6 Å². The highest BCUT2D eigenvalue weighted by molar-refractivity contribution is 9.10. The minimum Gasteiger partial charge on any atom is -0.268 e. The van der Waals surface area contributed by atoms with Gasteiger partial charge in [-0.25, -0.2) is 29.9 Å². The van der Waals surface area contributed by atoms with Gasteiger partial charge in [-0.05, 0) is 74.5 Å². The number of carbonyl (C=O) groups is 1. The van der Waals surface area contributed by atoms with E-state index in [4.69, 9.17) is 0 Å². The molecule has 0 aliphatic carbocycles. The summed E-state index contributed by atoms with van der Waals surface area (Å²) in [5.41, 5.74) is 0.438. The first-order valence-electron chi connectivity index (χ1n) is 9.90. The van der Waals surface area contributed by atoms with E-state index in [2.05, 4.69) is 31.9 Å². The van der Waals surface area contributed by atoms with Gasteiger partial charge in [0, 0.05) is 19.6 Å². The maximum Gasteiger partial charge on any atom is 0.269 e. The zero-order chi connectivity index (χ0) is 24.7. The number of hydrogen-bond acceptors (Lipinski definition) is 5. The second-order valence-corrected chi connectivity index (χ2v) is 12.8. The van der Waals surface area contributed by atoms with Crippen molar-refractivity contribution < 1.29 is 30.4 Å². The predicted molar refractivity (Wildman–Crippen MR) is 125 cm³/mol. The Balaban J connectivity index is 0.000000186. The summed E-state index contributed by atoms with van der Waals surface area (Å²) < 4.78 is 77.0. The van der Waals surface area contributed by atoms with Crippen LogP contribution in [0, 0.1) is 11.6 Å². The van der Waals surface area contributed by atoms with Crippen LogP contribution in [0.3, 0.4) is 0 Å². The SMILES string of the molecule is CCCN1C(=O)c2cc(F)c(Br)cc2S1(=O)=O.CCCN1Cc2cc(F)c(Br)cc2S1(=O)=O. The Morgan fingerprint density at radius 3 is 1.97 bits per heavy atom. The zero-order valence-electron chi connectivity index (χ0n) is 17.6. The van der Waals surface area contributed by atoms with Crippen LogP contribution >= 0.6 is 31.9 Å². The Kier molecular flexibility index (Phi) is 7.69. The number of fused-ring (bicyclic) bond motifs is 2. The first-order chi connectivity index (χ1) is 15.4. The van der Waals surface area contributed by atoms with E-state index in [1.807, 2.05) is 6.92 Å². The van der Waals surface area contributed by atoms with Crippen molar-refractivity contribution >= 4 is 57.8 Å². The summed E-state index contributed by atoms with van der Waals surface area (Å²) in [4.78, 5) is 11.9. The van der Waals surface area contributed by atoms with Gasteiger partial charge >= 0.3 is 0 Å². The average Bonchev–Trinajstić information content (AvgIpc) is 3.07. The van der Waals surface area contributed by atoms with Gasteiger partial charge < -0.3 is 0 Å². The predicted octanol–water partition coefficient (Wildman–Crippen LogP) is 4.65. The number of hydrogen-bond donors (Lipinski definition) is 0. The molecule has 0 saturated carbocycles. The molecule has 7 nitrogen and oxygen atoms in total. The van der Waals surface area contributed by atoms with Gasteiger partial charge in [0.2, 0.25) is 10.0 Å². The van der Waals surface area contributed by atoms with Gasteiger partial charge in [-0.2, -0.15) is 4.31 Å². The molecule has 0 spiro atoms. The van der Waals surface area contributed by atoms with E-state index in [0.29, 0.717) is 18.5 Å². The molecule has 2 aliphatic rings. The Bertz CT molecular complexity index is 1330. The fourth-order valence-corrected chi connectivity index (χ4v) is 7.88. The standard InChI is InChI=1S/C10H9BrFNO3S.C10H11BrFNO2S/c1-2-3-13-10(14)6-4-8(12)7(11)5-9(6)17(13,15)16;1-2-3-13-6-7-4-9(12)8(11)5-10(7)16(13,14)15/h4-5H,2-3H2,1H3;4-5H,2-3,6H2,1H3. The molecule has 33 heavy (non-hydrogen) atoms. The monoisotopic (exact) mass is 628 g/mol. The van der Waals surface area contributed by atoms with Crippen molar-refractivity contribution in [3.8, 4) is 0 Å². The van der Waals surface area contributed by atoms with Crippen molar-refractivity contribution in [2.75, 3.05) is 13.1 Å². The number of benzene rings is 2. The molecule has 180 valence electrons. The highest BCUT2D eigenvalue weighted by atomic mass is 79.9. The molecule has 2 aromatic carbocycles. The van der Waals surface area contributed by atoms with E-state index in [0.717, 1.165) is 22.9 Å². The highest BCUT2D eigenvalue weighted by Crippen LogP contribution is 2.35. The molecule has 4 rings (SSSR count). The van der Waals surface area contributed by atoms with E-state index in [1.165, 1.54) is 16.4 Å². The maximum absolute atomic E-state index is 13.3. The van der Waals surface area contributed by atoms with Crippen LogP contribution in [-0.4, -0.2) is 44.4 Å². The topological polar surface area (TPSA) is 91.8 Å². The number of amides is 1. The summed E-state index contributed by atoms with van der Waals surface area (Å²) in [5.74, 6) is -1.73. The molecule has 13 heteroatoms. The Morgan fingerprint density at radius 2 is 1.39 bits per heavy atom. The Morgan fingerprint density at radius 1 is 0.848 bits per heavy atom. The number of carbonyl (C=O) groups excluding carboxylic acids is 1. The van der Waals surface area contributed by atoms with E-state index >= 15 is 0 Å². The van der Waals surface area contributed by atoms with Crippen molar-refractivity contribution in [3.63, 3.8) is 0 Å². The van der Waals surface area contributed by atoms with Crippen LogP contribution in [0.5, 0.6) is 0 Å². The lowest BCUT2D eigenvalue weighted by atomic mass is 10.2. The summed E-state index contributed by atoms with van der Waals surface area (Å²) in [7, 11) is -7.22. The Labute approximate surface area is 208 Å². The largest absolute Gasteiger partial charge is 0.269 e. The number of rotatable bonds is 4. The van der Waals surface area contributed by atoms with Crippen LogP contribution in [0.15, 0.2) is 43.0 Å². The molecular weight excluding hydrogens is 610 g/mol. The summed E-state index contributed by atoms with van der Waals surface area (Å²) >= 11 is 5.91. The van der Waals surface area contributed by atoms with Crippen molar-refractivity contribution in [2.45, 2.75) is 43.0 Å². The van der Waals surface area contributed by atoms with Crippen LogP contribution in [0.2, 0.25) is 0 Å². The van der Waals surface area contributed by atoms with Crippen molar-refractivity contribution in [3.05, 3.63) is 56.0 Å². The van der Waals surface area contributed by atoms with E-state index < -0.39 is 37.6 Å². The van der Waals surface area contributed by atoms with Crippen molar-refractivity contribution in [1.82, 2.24) is 8.61 Å². The summed E-state index contributed by atoms with van der Waals surface area (Å²) in [6.45, 7) is 4.53. The first kappa shape index (κ1) is 26.2. The smallest absolute Gasteiger partial charge is 0.268 e. The third-order valence-corrected chi connectivity index (χ3v) is 9.98. The quantitative estimate of drug-likeness (QED) is 0.491. The maximum atomic E-state index is 13.3. The molecule has 1 amide bonds. The molecule has 0 unspecified atom stereocenters. The average molecular weight is 630 g/mol. The molecule has 0 atom stereocenters. The molecule has 0 N–H and O–H groups in total. The lowest BCUT2D eigenvalue weighted by Gasteiger charge is -2.12. The molecule has 0 fully saturated rings. The van der Waals surface area contributed by atoms with Crippen LogP contribution < -0.4 is 0 Å². The number of sulfonamides is 2. The molecule has 2 aromatic rings. The van der Waals surface area contributed by atoms with Gasteiger partial charge in [0.1, 0.15) is 16.5 Å². The second kappa shape index (κ2) is 9.68. The first-order valence-corrected chi connectivity index (χ1v) is 14.4. The van der Waals surface area contributed by atoms with Crippen LogP contribution in [0.1, 0.15) is 42.6 Å². The summed E-state index contributed by atoms with van der Waals surface area (Å²) in [6.07, 6.45) is 1.26. The van der Waals surface area contributed by atoms with E-state index in [1.54, 1.807) is 6.92 Å². The third kappa shape index (κ3) is 4.75. The molecule has 2 heterocycles. The molecule has 0 radical (unpaired) electrons. The van der Waals surface area contributed by atoms with E-state index in [-0.39, 0.29) is 37.4 Å². The summed E-state index contributed by atoms with van der Waals surface area (Å²) in [5, 5.41) is 0. The van der Waals surface area contributed by atoms with Gasteiger partial charge in [-0.15, -0.1) is 0 Å². The van der Waals surface area contributed by atoms with Crippen LogP contribution in [0.25, 0.3) is 0 Å². The minimum atomic E-state index is -3.81. The lowest BCUT2D eigenvalue weighted by molar-refractivity contribution is 0.0870. The van der Waals surface area contributed by atoms with Gasteiger partial charge in [0.15, 0.2) is 0 Å². The highest BCUT2D eigenvalue weighted by Gasteiger charge is 2.41. The molecule has 0 saturated heterocycles. The van der Waals surface area contributed by atoms with Crippen molar-refractivity contribution in [1.29, 1.82) is 0 Å². The fraction of sp³-hybridized carbons (Fsp3) is 0.350. The normalized spacial score (nSPS) is 18.0. The Hall–Kier alpha value is -1.41. The molecule has 0 aromatic heterocycles.